The van der Waals surface area contributed by atoms with Crippen LogP contribution in [-0.2, 0) is 14.3 Å². The molecule has 1 aliphatic rings. The van der Waals surface area contributed by atoms with Gasteiger partial charge in [-0.05, 0) is 24.3 Å². The van der Waals surface area contributed by atoms with Crippen LogP contribution in [0.5, 0.6) is 17.2 Å². The van der Waals surface area contributed by atoms with Gasteiger partial charge in [0.2, 0.25) is 6.29 Å². The summed E-state index contributed by atoms with van der Waals surface area (Å²) >= 11 is 0. The van der Waals surface area contributed by atoms with Crippen molar-refractivity contribution in [3.8, 4) is 28.6 Å². The van der Waals surface area contributed by atoms with Gasteiger partial charge in [0.25, 0.3) is 0 Å². The molecule has 0 spiro atoms. The normalized spacial score (nSPS) is 24.6. The van der Waals surface area contributed by atoms with Crippen LogP contribution in [0, 0.1) is 0 Å². The van der Waals surface area contributed by atoms with Crippen molar-refractivity contribution in [3.05, 3.63) is 52.7 Å². The number of aliphatic hydroxyl groups is 3. The summed E-state index contributed by atoms with van der Waals surface area (Å²) in [6.45, 7) is 0.439. The summed E-state index contributed by atoms with van der Waals surface area (Å²) in [7, 11) is 0. The molecular formula is C23H22O11. The number of rotatable bonds is 5. The van der Waals surface area contributed by atoms with Crippen LogP contribution in [-0.4, -0.2) is 68.8 Å². The minimum atomic E-state index is -1.63. The number of ether oxygens (including phenoxy) is 3. The van der Waals surface area contributed by atoms with Gasteiger partial charge >= 0.3 is 5.97 Å². The van der Waals surface area contributed by atoms with Gasteiger partial charge in [0.1, 0.15) is 52.3 Å². The monoisotopic (exact) mass is 474 g/mol. The van der Waals surface area contributed by atoms with Crippen molar-refractivity contribution in [2.75, 3.05) is 6.61 Å². The summed E-state index contributed by atoms with van der Waals surface area (Å²) in [5.74, 6) is -1.11. The molecule has 5 atom stereocenters. The molecule has 1 aromatic heterocycles. The second-order valence-electron chi connectivity index (χ2n) is 7.74. The molecule has 0 amide bonds. The highest BCUT2D eigenvalue weighted by Crippen LogP contribution is 2.33. The second-order valence-corrected chi connectivity index (χ2v) is 7.74. The lowest BCUT2D eigenvalue weighted by molar-refractivity contribution is -0.281. The van der Waals surface area contributed by atoms with E-state index in [2.05, 4.69) is 0 Å². The average molecular weight is 474 g/mol. The summed E-state index contributed by atoms with van der Waals surface area (Å²) in [6.07, 6.45) is -7.34. The van der Waals surface area contributed by atoms with Crippen LogP contribution < -0.4 is 10.2 Å². The van der Waals surface area contributed by atoms with Crippen LogP contribution in [0.2, 0.25) is 0 Å². The van der Waals surface area contributed by atoms with Gasteiger partial charge in [0.05, 0.1) is 6.61 Å². The Labute approximate surface area is 192 Å². The third kappa shape index (κ3) is 4.54. The molecule has 0 aliphatic carbocycles. The van der Waals surface area contributed by atoms with Gasteiger partial charge in [-0.2, -0.15) is 0 Å². The van der Waals surface area contributed by atoms with E-state index in [9.17, 15) is 35.1 Å². The van der Waals surface area contributed by atoms with E-state index in [-0.39, 0.29) is 28.2 Å². The third-order valence-corrected chi connectivity index (χ3v) is 5.31. The third-order valence-electron chi connectivity index (χ3n) is 5.31. The van der Waals surface area contributed by atoms with Gasteiger partial charge in [0, 0.05) is 30.7 Å². The van der Waals surface area contributed by atoms with Crippen LogP contribution in [0.25, 0.3) is 22.3 Å². The number of hydrogen-bond acceptors (Lipinski definition) is 11. The molecule has 0 bridgehead atoms. The Morgan fingerprint density at radius 1 is 1.06 bits per heavy atom. The maximum Gasteiger partial charge on any atom is 0.303 e. The Morgan fingerprint density at radius 2 is 1.76 bits per heavy atom. The van der Waals surface area contributed by atoms with Gasteiger partial charge in [-0.15, -0.1) is 0 Å². The first-order valence-electron chi connectivity index (χ1n) is 10.2. The fourth-order valence-corrected chi connectivity index (χ4v) is 3.68. The Morgan fingerprint density at radius 3 is 2.41 bits per heavy atom. The minimum Gasteiger partial charge on any atom is -0.508 e. The maximum absolute atomic E-state index is 12.6. The molecule has 0 radical (unpaired) electrons. The van der Waals surface area contributed by atoms with E-state index in [0.717, 1.165) is 13.0 Å². The molecule has 1 saturated heterocycles. The summed E-state index contributed by atoms with van der Waals surface area (Å²) in [4.78, 5) is 24.1. The zero-order valence-electron chi connectivity index (χ0n) is 17.8. The number of carbonyl (C=O) groups is 1. The predicted molar refractivity (Wildman–Crippen MR) is 115 cm³/mol. The highest BCUT2D eigenvalue weighted by molar-refractivity contribution is 5.86. The molecule has 2 aromatic carbocycles. The number of esters is 1. The molecule has 1 aliphatic heterocycles. The average Bonchev–Trinajstić information content (AvgIpc) is 2.78. The maximum atomic E-state index is 12.6. The Bertz CT molecular complexity index is 1250. The quantitative estimate of drug-likeness (QED) is 0.328. The Balaban J connectivity index is 1.72. The van der Waals surface area contributed by atoms with Crippen molar-refractivity contribution in [2.45, 2.75) is 37.6 Å². The van der Waals surface area contributed by atoms with Gasteiger partial charge in [-0.3, -0.25) is 9.59 Å². The number of aliphatic hydroxyl groups excluding tert-OH is 3. The molecule has 11 heteroatoms. The van der Waals surface area contributed by atoms with Gasteiger partial charge in [-0.25, -0.2) is 0 Å². The SMILES string of the molecule is CC(=O)O[C@H]1[C@H](Oc2cc(O)c3c(=O)cc(-c4ccc(O)cc4)oc3c2)O[C@H](CO)[C@@H](O)[C@@H]1O. The number of carbonyl (C=O) groups excluding carboxylic acids is 1. The molecule has 1 fully saturated rings. The van der Waals surface area contributed by atoms with Crippen molar-refractivity contribution in [1.29, 1.82) is 0 Å². The molecular weight excluding hydrogens is 452 g/mol. The molecule has 4 rings (SSSR count). The number of aromatic hydroxyl groups is 2. The molecule has 11 nitrogen and oxygen atoms in total. The van der Waals surface area contributed by atoms with Crippen LogP contribution in [0.15, 0.2) is 51.7 Å². The van der Waals surface area contributed by atoms with E-state index in [4.69, 9.17) is 18.6 Å². The van der Waals surface area contributed by atoms with E-state index >= 15 is 0 Å². The summed E-state index contributed by atoms with van der Waals surface area (Å²) < 4.78 is 21.9. The first-order valence-corrected chi connectivity index (χ1v) is 10.2. The first-order chi connectivity index (χ1) is 16.2. The highest BCUT2D eigenvalue weighted by atomic mass is 16.7. The molecule has 2 heterocycles. The standard InChI is InChI=1S/C23H22O11/c1-10(25)31-22-21(30)20(29)18(9-24)34-23(22)32-13-6-14(27)19-15(28)8-16(33-17(19)7-13)11-2-4-12(26)5-3-11/h2-8,18,20-24,26-27,29-30H,9H2,1H3/t18-,20-,21+,22-,23-/m1/s1. The van der Waals surface area contributed by atoms with E-state index in [0.29, 0.717) is 5.56 Å². The molecule has 0 unspecified atom stereocenters. The molecule has 0 saturated carbocycles. The van der Waals surface area contributed by atoms with E-state index in [1.165, 1.54) is 24.3 Å². The van der Waals surface area contributed by atoms with Gasteiger partial charge in [0.15, 0.2) is 11.5 Å². The van der Waals surface area contributed by atoms with Crippen molar-refractivity contribution >= 4 is 16.9 Å². The van der Waals surface area contributed by atoms with E-state index in [1.807, 2.05) is 0 Å². The number of phenols is 2. The zero-order valence-corrected chi connectivity index (χ0v) is 17.8. The Hall–Kier alpha value is -3.64. The van der Waals surface area contributed by atoms with E-state index in [1.54, 1.807) is 12.1 Å². The second kappa shape index (κ2) is 9.31. The van der Waals surface area contributed by atoms with Crippen molar-refractivity contribution < 1.29 is 49.0 Å². The van der Waals surface area contributed by atoms with Crippen molar-refractivity contribution in [1.82, 2.24) is 0 Å². The summed E-state index contributed by atoms with van der Waals surface area (Å²) in [5, 5.41) is 49.7. The van der Waals surface area contributed by atoms with Crippen LogP contribution in [0.1, 0.15) is 6.92 Å². The lowest BCUT2D eigenvalue weighted by atomic mass is 9.99. The predicted octanol–water partition coefficient (Wildman–Crippen LogP) is 0.621. The lowest BCUT2D eigenvalue weighted by Crippen LogP contribution is -2.61. The fourth-order valence-electron chi connectivity index (χ4n) is 3.68. The molecule has 34 heavy (non-hydrogen) atoms. The minimum absolute atomic E-state index is 0.0310. The van der Waals surface area contributed by atoms with Gasteiger partial charge < -0.3 is 44.2 Å². The highest BCUT2D eigenvalue weighted by Gasteiger charge is 2.47. The lowest BCUT2D eigenvalue weighted by Gasteiger charge is -2.41. The molecule has 5 N–H and O–H groups in total. The summed E-state index contributed by atoms with van der Waals surface area (Å²) in [5.41, 5.74) is -0.0697. The van der Waals surface area contributed by atoms with Crippen LogP contribution in [0.4, 0.5) is 0 Å². The number of hydrogen-bond donors (Lipinski definition) is 5. The topological polar surface area (TPSA) is 176 Å². The zero-order chi connectivity index (χ0) is 24.6. The largest absolute Gasteiger partial charge is 0.508 e. The van der Waals surface area contributed by atoms with Crippen LogP contribution in [0.3, 0.4) is 0 Å². The first kappa shape index (κ1) is 23.5. The summed E-state index contributed by atoms with van der Waals surface area (Å²) in [6, 6.07) is 9.52. The smallest absolute Gasteiger partial charge is 0.303 e. The van der Waals surface area contributed by atoms with Gasteiger partial charge in [-0.1, -0.05) is 0 Å². The number of fused-ring (bicyclic) bond motifs is 1. The van der Waals surface area contributed by atoms with E-state index < -0.39 is 54.5 Å². The fraction of sp³-hybridized carbons (Fsp3) is 0.304. The molecule has 180 valence electrons. The molecule has 3 aromatic rings. The number of benzene rings is 2. The van der Waals surface area contributed by atoms with Crippen LogP contribution >= 0.6 is 0 Å². The number of phenolic OH excluding ortho intramolecular Hbond substituents is 2. The van der Waals surface area contributed by atoms with Crippen molar-refractivity contribution in [2.24, 2.45) is 0 Å². The van der Waals surface area contributed by atoms with Crippen molar-refractivity contribution in [3.63, 3.8) is 0 Å². The Kier molecular flexibility index (Phi) is 6.44.